The zero-order valence-corrected chi connectivity index (χ0v) is 11.0. The molecule has 1 unspecified atom stereocenters. The molecule has 4 nitrogen and oxygen atoms in total. The predicted octanol–water partition coefficient (Wildman–Crippen LogP) is 2.23. The molecule has 0 aliphatic carbocycles. The van der Waals surface area contributed by atoms with E-state index in [4.69, 9.17) is 9.47 Å². The SMILES string of the molecule is COCC1(C)O/C(=C\C(=O)OC)c2cccc(F)c21. The summed E-state index contributed by atoms with van der Waals surface area (Å²) in [5.41, 5.74) is -0.00750. The van der Waals surface area contributed by atoms with Gasteiger partial charge in [-0.1, -0.05) is 12.1 Å². The largest absolute Gasteiger partial charge is 0.479 e. The molecule has 1 aliphatic rings. The number of esters is 1. The lowest BCUT2D eigenvalue weighted by Gasteiger charge is -2.24. The second-order valence-electron chi connectivity index (χ2n) is 4.46. The van der Waals surface area contributed by atoms with E-state index in [2.05, 4.69) is 4.74 Å². The fourth-order valence-corrected chi connectivity index (χ4v) is 2.27. The molecule has 102 valence electrons. The van der Waals surface area contributed by atoms with E-state index in [0.29, 0.717) is 16.9 Å². The summed E-state index contributed by atoms with van der Waals surface area (Å²) in [5.74, 6) is -0.641. The molecule has 0 bridgehead atoms. The molecule has 1 heterocycles. The average Bonchev–Trinajstić information content (AvgIpc) is 2.64. The first kappa shape index (κ1) is 13.5. The van der Waals surface area contributed by atoms with E-state index in [1.54, 1.807) is 19.1 Å². The Morgan fingerprint density at radius 2 is 2.21 bits per heavy atom. The van der Waals surface area contributed by atoms with E-state index in [0.717, 1.165) is 0 Å². The van der Waals surface area contributed by atoms with Gasteiger partial charge in [0, 0.05) is 18.2 Å². The van der Waals surface area contributed by atoms with Crippen LogP contribution in [0.5, 0.6) is 0 Å². The Labute approximate surface area is 110 Å². The van der Waals surface area contributed by atoms with Gasteiger partial charge in [-0.2, -0.15) is 0 Å². The highest BCUT2D eigenvalue weighted by Gasteiger charge is 2.42. The molecule has 19 heavy (non-hydrogen) atoms. The van der Waals surface area contributed by atoms with Crippen LogP contribution in [0, 0.1) is 5.82 Å². The van der Waals surface area contributed by atoms with Gasteiger partial charge in [0.1, 0.15) is 11.6 Å². The summed E-state index contributed by atoms with van der Waals surface area (Å²) >= 11 is 0. The summed E-state index contributed by atoms with van der Waals surface area (Å²) in [4.78, 5) is 11.3. The number of benzene rings is 1. The minimum atomic E-state index is -0.949. The molecule has 1 atom stereocenters. The number of carbonyl (C=O) groups excluding carboxylic acids is 1. The molecule has 5 heteroatoms. The van der Waals surface area contributed by atoms with Crippen LogP contribution in [-0.2, 0) is 24.6 Å². The molecule has 1 aliphatic heterocycles. The monoisotopic (exact) mass is 266 g/mol. The molecule has 0 radical (unpaired) electrons. The normalized spacial score (nSPS) is 23.1. The lowest BCUT2D eigenvalue weighted by atomic mass is 9.94. The summed E-state index contributed by atoms with van der Waals surface area (Å²) in [7, 11) is 2.78. The number of carbonyl (C=O) groups is 1. The third kappa shape index (κ3) is 2.33. The van der Waals surface area contributed by atoms with Crippen LogP contribution in [0.4, 0.5) is 4.39 Å². The van der Waals surface area contributed by atoms with Crippen molar-refractivity contribution < 1.29 is 23.4 Å². The number of methoxy groups -OCH3 is 2. The summed E-state index contributed by atoms with van der Waals surface area (Å²) < 4.78 is 29.4. The van der Waals surface area contributed by atoms with Gasteiger partial charge in [0.05, 0.1) is 19.8 Å². The molecular formula is C14H15FO4. The maximum atomic E-state index is 14.0. The lowest BCUT2D eigenvalue weighted by Crippen LogP contribution is -2.27. The Morgan fingerprint density at radius 1 is 1.47 bits per heavy atom. The standard InChI is InChI=1S/C14H15FO4/c1-14(8-17-2)13-9(5-4-6-10(13)15)11(19-14)7-12(16)18-3/h4-7H,8H2,1-3H3/b11-7-. The van der Waals surface area contributed by atoms with Gasteiger partial charge in [-0.15, -0.1) is 0 Å². The van der Waals surface area contributed by atoms with Gasteiger partial charge < -0.3 is 14.2 Å². The summed E-state index contributed by atoms with van der Waals surface area (Å²) in [6, 6.07) is 4.63. The van der Waals surface area contributed by atoms with Crippen LogP contribution in [0.1, 0.15) is 18.1 Å². The molecule has 1 aromatic rings. The minimum absolute atomic E-state index is 0.180. The average molecular weight is 266 g/mol. The van der Waals surface area contributed by atoms with Crippen LogP contribution in [0.25, 0.3) is 5.76 Å². The van der Waals surface area contributed by atoms with Crippen LogP contribution >= 0.6 is 0 Å². The van der Waals surface area contributed by atoms with Crippen molar-refractivity contribution in [3.8, 4) is 0 Å². The van der Waals surface area contributed by atoms with Crippen molar-refractivity contribution in [1.29, 1.82) is 0 Å². The topological polar surface area (TPSA) is 44.8 Å². The van der Waals surface area contributed by atoms with E-state index >= 15 is 0 Å². The highest BCUT2D eigenvalue weighted by Crippen LogP contribution is 2.44. The molecular weight excluding hydrogens is 251 g/mol. The number of rotatable bonds is 3. The summed E-state index contributed by atoms with van der Waals surface area (Å²) in [6.45, 7) is 1.90. The highest BCUT2D eigenvalue weighted by molar-refractivity contribution is 5.91. The first-order valence-electron chi connectivity index (χ1n) is 5.79. The van der Waals surface area contributed by atoms with Gasteiger partial charge in [-0.05, 0) is 13.0 Å². The van der Waals surface area contributed by atoms with Gasteiger partial charge in [0.25, 0.3) is 0 Å². The zero-order valence-electron chi connectivity index (χ0n) is 11.0. The van der Waals surface area contributed by atoms with Crippen LogP contribution in [0.15, 0.2) is 24.3 Å². The second kappa shape index (κ2) is 5.01. The first-order chi connectivity index (χ1) is 9.01. The molecule has 0 aromatic heterocycles. The lowest BCUT2D eigenvalue weighted by molar-refractivity contribution is -0.134. The highest BCUT2D eigenvalue weighted by atomic mass is 19.1. The summed E-state index contributed by atoms with van der Waals surface area (Å²) in [6.07, 6.45) is 1.21. The Balaban J connectivity index is 2.54. The van der Waals surface area contributed by atoms with E-state index in [9.17, 15) is 9.18 Å². The minimum Gasteiger partial charge on any atom is -0.479 e. The first-order valence-corrected chi connectivity index (χ1v) is 5.79. The fourth-order valence-electron chi connectivity index (χ4n) is 2.27. The molecule has 0 fully saturated rings. The maximum absolute atomic E-state index is 14.0. The van der Waals surface area contributed by atoms with Crippen molar-refractivity contribution in [3.05, 3.63) is 41.2 Å². The third-order valence-electron chi connectivity index (χ3n) is 3.01. The number of ether oxygens (including phenoxy) is 3. The smallest absolute Gasteiger partial charge is 0.334 e. The Kier molecular flexibility index (Phi) is 3.57. The number of halogens is 1. The van der Waals surface area contributed by atoms with Gasteiger partial charge >= 0.3 is 5.97 Å². The Bertz CT molecular complexity index is 538. The third-order valence-corrected chi connectivity index (χ3v) is 3.01. The van der Waals surface area contributed by atoms with Gasteiger partial charge in [-0.25, -0.2) is 9.18 Å². The van der Waals surface area contributed by atoms with Crippen molar-refractivity contribution in [2.75, 3.05) is 20.8 Å². The second-order valence-corrected chi connectivity index (χ2v) is 4.46. The summed E-state index contributed by atoms with van der Waals surface area (Å²) in [5, 5.41) is 0. The number of hydrogen-bond acceptors (Lipinski definition) is 4. The predicted molar refractivity (Wildman–Crippen MR) is 66.7 cm³/mol. The maximum Gasteiger partial charge on any atom is 0.334 e. The molecule has 0 saturated carbocycles. The quantitative estimate of drug-likeness (QED) is 0.621. The number of fused-ring (bicyclic) bond motifs is 1. The van der Waals surface area contributed by atoms with Crippen molar-refractivity contribution >= 4 is 11.7 Å². The van der Waals surface area contributed by atoms with Crippen molar-refractivity contribution in [2.24, 2.45) is 0 Å². The molecule has 0 amide bonds. The fraction of sp³-hybridized carbons (Fsp3) is 0.357. The van der Waals surface area contributed by atoms with E-state index < -0.39 is 11.6 Å². The van der Waals surface area contributed by atoms with Crippen LogP contribution in [0.2, 0.25) is 0 Å². The Morgan fingerprint density at radius 3 is 2.84 bits per heavy atom. The van der Waals surface area contributed by atoms with Crippen molar-refractivity contribution in [3.63, 3.8) is 0 Å². The van der Waals surface area contributed by atoms with E-state index in [1.165, 1.54) is 26.4 Å². The molecule has 0 saturated heterocycles. The van der Waals surface area contributed by atoms with Gasteiger partial charge in [0.15, 0.2) is 5.60 Å². The molecule has 2 rings (SSSR count). The molecule has 1 aromatic carbocycles. The molecule has 0 spiro atoms. The van der Waals surface area contributed by atoms with Gasteiger partial charge in [-0.3, -0.25) is 0 Å². The Hall–Kier alpha value is -1.88. The van der Waals surface area contributed by atoms with Crippen molar-refractivity contribution in [1.82, 2.24) is 0 Å². The number of hydrogen-bond donors (Lipinski definition) is 0. The van der Waals surface area contributed by atoms with Crippen LogP contribution in [0.3, 0.4) is 0 Å². The van der Waals surface area contributed by atoms with E-state index in [1.807, 2.05) is 0 Å². The van der Waals surface area contributed by atoms with Crippen molar-refractivity contribution in [2.45, 2.75) is 12.5 Å². The van der Waals surface area contributed by atoms with Crippen LogP contribution < -0.4 is 0 Å². The molecule has 0 N–H and O–H groups in total. The van der Waals surface area contributed by atoms with Gasteiger partial charge in [0.2, 0.25) is 0 Å². The van der Waals surface area contributed by atoms with Crippen LogP contribution in [-0.4, -0.2) is 26.8 Å². The van der Waals surface area contributed by atoms with E-state index in [-0.39, 0.29) is 12.4 Å². The zero-order chi connectivity index (χ0) is 14.0.